The third kappa shape index (κ3) is 4.41. The van der Waals surface area contributed by atoms with Crippen molar-refractivity contribution in [2.45, 2.75) is 26.8 Å². The van der Waals surface area contributed by atoms with Crippen molar-refractivity contribution in [1.29, 1.82) is 0 Å². The van der Waals surface area contributed by atoms with E-state index in [0.717, 1.165) is 0 Å². The van der Waals surface area contributed by atoms with Gasteiger partial charge in [-0.2, -0.15) is 0 Å². The highest BCUT2D eigenvalue weighted by Crippen LogP contribution is 2.22. The van der Waals surface area contributed by atoms with E-state index in [4.69, 9.17) is 22.1 Å². The number of aromatic nitrogens is 2. The smallest absolute Gasteiger partial charge is 0.230 e. The van der Waals surface area contributed by atoms with Gasteiger partial charge in [0.1, 0.15) is 0 Å². The summed E-state index contributed by atoms with van der Waals surface area (Å²) in [6.07, 6.45) is 0. The van der Waals surface area contributed by atoms with Crippen LogP contribution in [0.1, 0.15) is 32.4 Å². The lowest BCUT2D eigenvalue weighted by Gasteiger charge is -2.18. The van der Waals surface area contributed by atoms with Crippen molar-refractivity contribution in [3.8, 4) is 0 Å². The number of nitrogens with one attached hydrogen (secondary N) is 1. The summed E-state index contributed by atoms with van der Waals surface area (Å²) in [7, 11) is 1.55. The number of halogens is 1. The van der Waals surface area contributed by atoms with Gasteiger partial charge >= 0.3 is 0 Å². The number of amides is 1. The molecule has 1 rings (SSSR count). The van der Waals surface area contributed by atoms with Crippen LogP contribution in [0.5, 0.6) is 0 Å². The monoisotopic (exact) mass is 286 g/mol. The number of ether oxygens (including phenoxy) is 1. The van der Waals surface area contributed by atoms with Crippen LogP contribution in [0.25, 0.3) is 0 Å². The van der Waals surface area contributed by atoms with Crippen molar-refractivity contribution >= 4 is 23.3 Å². The first-order chi connectivity index (χ1) is 8.75. The highest BCUT2D eigenvalue weighted by Gasteiger charge is 2.22. The lowest BCUT2D eigenvalue weighted by Crippen LogP contribution is -2.28. The molecule has 1 aromatic heterocycles. The molecule has 1 atom stereocenters. The number of hydrogen-bond acceptors (Lipinski definition) is 5. The summed E-state index contributed by atoms with van der Waals surface area (Å²) in [5.74, 6) is 0.168. The Labute approximate surface area is 117 Å². The first-order valence-corrected chi connectivity index (χ1v) is 6.22. The molecule has 0 saturated heterocycles. The van der Waals surface area contributed by atoms with Crippen LogP contribution >= 0.6 is 11.6 Å². The van der Waals surface area contributed by atoms with Gasteiger partial charge in [0.2, 0.25) is 5.91 Å². The molecule has 0 aliphatic rings. The normalized spacial score (nSPS) is 13.2. The molecule has 0 unspecified atom stereocenters. The maximum absolute atomic E-state index is 11.9. The molecule has 1 heterocycles. The summed E-state index contributed by atoms with van der Waals surface area (Å²) in [5, 5.41) is 10.5. The first-order valence-electron chi connectivity index (χ1n) is 5.84. The summed E-state index contributed by atoms with van der Waals surface area (Å²) in [5.41, 5.74) is 5.97. The zero-order valence-electron chi connectivity index (χ0n) is 11.5. The van der Waals surface area contributed by atoms with Crippen LogP contribution in [0.4, 0.5) is 5.82 Å². The van der Waals surface area contributed by atoms with Crippen LogP contribution in [0, 0.1) is 5.41 Å². The molecule has 0 saturated carbocycles. The first kappa shape index (κ1) is 15.8. The van der Waals surface area contributed by atoms with E-state index in [0.29, 0.717) is 18.0 Å². The molecule has 106 valence electrons. The summed E-state index contributed by atoms with van der Waals surface area (Å²) in [6.45, 7) is 5.73. The van der Waals surface area contributed by atoms with Crippen molar-refractivity contribution in [2.75, 3.05) is 19.0 Å². The highest BCUT2D eigenvalue weighted by molar-refractivity contribution is 6.30. The Kier molecular flexibility index (Phi) is 5.22. The second-order valence-electron chi connectivity index (χ2n) is 5.24. The lowest BCUT2D eigenvalue weighted by atomic mass is 9.96. The van der Waals surface area contributed by atoms with Gasteiger partial charge in [-0.25, -0.2) is 0 Å². The Morgan fingerprint density at radius 2 is 2.16 bits per heavy atom. The number of nitrogens with zero attached hydrogens (tertiary/aromatic N) is 2. The minimum Gasteiger partial charge on any atom is -0.383 e. The van der Waals surface area contributed by atoms with E-state index in [1.54, 1.807) is 13.2 Å². The van der Waals surface area contributed by atoms with Gasteiger partial charge < -0.3 is 15.8 Å². The van der Waals surface area contributed by atoms with Crippen LogP contribution in [-0.2, 0) is 9.53 Å². The van der Waals surface area contributed by atoms with Gasteiger partial charge in [0.25, 0.3) is 0 Å². The van der Waals surface area contributed by atoms with Gasteiger partial charge in [0.15, 0.2) is 11.0 Å². The Hall–Kier alpha value is -1.24. The average Bonchev–Trinajstić information content (AvgIpc) is 2.30. The van der Waals surface area contributed by atoms with Crippen LogP contribution < -0.4 is 11.1 Å². The zero-order chi connectivity index (χ0) is 14.6. The number of rotatable bonds is 4. The summed E-state index contributed by atoms with van der Waals surface area (Å²) >= 11 is 5.93. The largest absolute Gasteiger partial charge is 0.383 e. The van der Waals surface area contributed by atoms with E-state index in [2.05, 4.69) is 15.5 Å². The Morgan fingerprint density at radius 3 is 2.68 bits per heavy atom. The fraction of sp³-hybridized carbons (Fsp3) is 0.583. The van der Waals surface area contributed by atoms with Crippen LogP contribution in [0.3, 0.4) is 0 Å². The second-order valence-corrected chi connectivity index (χ2v) is 5.60. The number of carbonyl (C=O) groups excluding carboxylic acids is 1. The SMILES string of the molecule is COC[C@@H](N)c1cc(NC(=O)C(C)(C)C)nnc1Cl. The van der Waals surface area contributed by atoms with Crippen molar-refractivity contribution in [1.82, 2.24) is 10.2 Å². The lowest BCUT2D eigenvalue weighted by molar-refractivity contribution is -0.123. The maximum atomic E-state index is 11.9. The summed E-state index contributed by atoms with van der Waals surface area (Å²) in [6, 6.07) is 1.20. The molecule has 7 heteroatoms. The minimum absolute atomic E-state index is 0.157. The molecule has 1 aromatic rings. The van der Waals surface area contributed by atoms with Crippen molar-refractivity contribution in [3.05, 3.63) is 16.8 Å². The quantitative estimate of drug-likeness (QED) is 0.880. The fourth-order valence-electron chi connectivity index (χ4n) is 1.29. The third-order valence-electron chi connectivity index (χ3n) is 2.44. The molecule has 0 spiro atoms. The molecule has 0 fully saturated rings. The van der Waals surface area contributed by atoms with Gasteiger partial charge in [-0.3, -0.25) is 4.79 Å². The van der Waals surface area contributed by atoms with E-state index >= 15 is 0 Å². The van der Waals surface area contributed by atoms with E-state index in [-0.39, 0.29) is 11.1 Å². The standard InChI is InChI=1S/C12H19ClN4O2/c1-12(2,3)11(18)15-9-5-7(8(14)6-19-4)10(13)17-16-9/h5,8H,6,14H2,1-4H3,(H,15,16,18)/t8-/m1/s1. The predicted molar refractivity (Wildman–Crippen MR) is 73.9 cm³/mol. The number of nitrogens with two attached hydrogens (primary N) is 1. The van der Waals surface area contributed by atoms with Gasteiger partial charge in [-0.15, -0.1) is 10.2 Å². The van der Waals surface area contributed by atoms with Gasteiger partial charge in [0, 0.05) is 18.1 Å². The van der Waals surface area contributed by atoms with E-state index in [9.17, 15) is 4.79 Å². The molecule has 3 N–H and O–H groups in total. The van der Waals surface area contributed by atoms with Crippen LogP contribution in [0.2, 0.25) is 5.15 Å². The second kappa shape index (κ2) is 6.27. The number of hydrogen-bond donors (Lipinski definition) is 2. The van der Waals surface area contributed by atoms with Crippen LogP contribution in [-0.4, -0.2) is 29.8 Å². The third-order valence-corrected chi connectivity index (χ3v) is 2.74. The maximum Gasteiger partial charge on any atom is 0.230 e. The number of carbonyl (C=O) groups is 1. The molecule has 0 bridgehead atoms. The zero-order valence-corrected chi connectivity index (χ0v) is 12.3. The predicted octanol–water partition coefficient (Wildman–Crippen LogP) is 1.76. The Morgan fingerprint density at radius 1 is 1.53 bits per heavy atom. The average molecular weight is 287 g/mol. The van der Waals surface area contributed by atoms with E-state index in [1.807, 2.05) is 20.8 Å². The van der Waals surface area contributed by atoms with Crippen molar-refractivity contribution in [3.63, 3.8) is 0 Å². The number of anilines is 1. The van der Waals surface area contributed by atoms with Crippen molar-refractivity contribution in [2.24, 2.45) is 11.1 Å². The van der Waals surface area contributed by atoms with E-state index < -0.39 is 11.5 Å². The van der Waals surface area contributed by atoms with Gasteiger partial charge in [0.05, 0.1) is 12.6 Å². The van der Waals surface area contributed by atoms with E-state index in [1.165, 1.54) is 0 Å². The molecule has 0 radical (unpaired) electrons. The summed E-state index contributed by atoms with van der Waals surface area (Å²) < 4.78 is 4.97. The molecule has 19 heavy (non-hydrogen) atoms. The van der Waals surface area contributed by atoms with Crippen molar-refractivity contribution < 1.29 is 9.53 Å². The Bertz CT molecular complexity index is 460. The van der Waals surface area contributed by atoms with Gasteiger partial charge in [-0.05, 0) is 6.07 Å². The molecule has 1 amide bonds. The molecular formula is C12H19ClN4O2. The molecule has 0 aliphatic heterocycles. The molecule has 0 aliphatic carbocycles. The molecule has 6 nitrogen and oxygen atoms in total. The molecular weight excluding hydrogens is 268 g/mol. The Balaban J connectivity index is 2.93. The fourth-order valence-corrected chi connectivity index (χ4v) is 1.52. The van der Waals surface area contributed by atoms with Crippen LogP contribution in [0.15, 0.2) is 6.07 Å². The number of methoxy groups -OCH3 is 1. The summed E-state index contributed by atoms with van der Waals surface area (Å²) in [4.78, 5) is 11.9. The van der Waals surface area contributed by atoms with Gasteiger partial charge in [-0.1, -0.05) is 32.4 Å². The molecule has 0 aromatic carbocycles. The highest BCUT2D eigenvalue weighted by atomic mass is 35.5. The minimum atomic E-state index is -0.518. The topological polar surface area (TPSA) is 90.1 Å².